The van der Waals surface area contributed by atoms with Gasteiger partial charge < -0.3 is 4.90 Å². The molecule has 1 atom stereocenters. The molecule has 1 fully saturated rings. The van der Waals surface area contributed by atoms with Crippen molar-refractivity contribution >= 4 is 5.82 Å². The third-order valence-corrected chi connectivity index (χ3v) is 4.21. The molecule has 1 saturated heterocycles. The highest BCUT2D eigenvalue weighted by atomic mass is 15.4. The van der Waals surface area contributed by atoms with E-state index >= 15 is 0 Å². The lowest BCUT2D eigenvalue weighted by atomic mass is 10.1. The van der Waals surface area contributed by atoms with Crippen LogP contribution in [0.3, 0.4) is 0 Å². The number of aromatic nitrogens is 5. The second-order valence-corrected chi connectivity index (χ2v) is 5.79. The first-order chi connectivity index (χ1) is 11.3. The van der Waals surface area contributed by atoms with Gasteiger partial charge in [0.2, 0.25) is 0 Å². The van der Waals surface area contributed by atoms with Crippen LogP contribution in [-0.2, 0) is 0 Å². The molecule has 0 aromatic carbocycles. The van der Waals surface area contributed by atoms with Crippen LogP contribution in [0.15, 0.2) is 48.9 Å². The van der Waals surface area contributed by atoms with Gasteiger partial charge in [0.25, 0.3) is 0 Å². The van der Waals surface area contributed by atoms with E-state index in [1.54, 1.807) is 4.68 Å². The highest BCUT2D eigenvalue weighted by molar-refractivity contribution is 5.44. The highest BCUT2D eigenvalue weighted by Gasteiger charge is 2.27. The number of nitrogens with zero attached hydrogens (tertiary/aromatic N) is 6. The average molecular weight is 306 g/mol. The number of aryl methyl sites for hydroxylation is 1. The third kappa shape index (κ3) is 2.67. The molecule has 6 heteroatoms. The van der Waals surface area contributed by atoms with E-state index < -0.39 is 0 Å². The molecule has 3 aromatic rings. The maximum atomic E-state index is 4.42. The molecule has 23 heavy (non-hydrogen) atoms. The molecule has 1 aliphatic rings. The summed E-state index contributed by atoms with van der Waals surface area (Å²) in [7, 11) is 0. The fourth-order valence-corrected chi connectivity index (χ4v) is 3.10. The predicted octanol–water partition coefficient (Wildman–Crippen LogP) is 2.71. The summed E-state index contributed by atoms with van der Waals surface area (Å²) in [6, 6.07) is 10.4. The fraction of sp³-hybridized carbons (Fsp3) is 0.294. The SMILES string of the molecule is Cc1ccn(-c2ccc(N3CCCC3c3cccnc3)nn2)n1. The Balaban J connectivity index is 1.60. The van der Waals surface area contributed by atoms with Gasteiger partial charge in [-0.3, -0.25) is 4.98 Å². The van der Waals surface area contributed by atoms with Gasteiger partial charge in [-0.05, 0) is 49.6 Å². The molecule has 0 saturated carbocycles. The molecule has 0 bridgehead atoms. The Morgan fingerprint density at radius 3 is 2.65 bits per heavy atom. The molecule has 6 nitrogen and oxygen atoms in total. The molecule has 116 valence electrons. The van der Waals surface area contributed by atoms with Crippen LogP contribution in [0.1, 0.15) is 30.1 Å². The standard InChI is InChI=1S/C17H18N6/c1-13-8-11-23(21-13)17-7-6-16(19-20-17)22-10-3-5-15(22)14-4-2-9-18-12-14/h2,4,6-9,11-12,15H,3,5,10H2,1H3. The summed E-state index contributed by atoms with van der Waals surface area (Å²) in [5.74, 6) is 1.64. The predicted molar refractivity (Wildman–Crippen MR) is 87.4 cm³/mol. The van der Waals surface area contributed by atoms with Crippen molar-refractivity contribution in [3.63, 3.8) is 0 Å². The molecule has 0 radical (unpaired) electrons. The molecule has 0 spiro atoms. The van der Waals surface area contributed by atoms with Crippen LogP contribution in [0.2, 0.25) is 0 Å². The van der Waals surface area contributed by atoms with Gasteiger partial charge in [-0.2, -0.15) is 5.10 Å². The minimum absolute atomic E-state index is 0.329. The van der Waals surface area contributed by atoms with Crippen LogP contribution >= 0.6 is 0 Å². The van der Waals surface area contributed by atoms with Gasteiger partial charge in [-0.1, -0.05) is 6.07 Å². The van der Waals surface area contributed by atoms with Crippen molar-refractivity contribution in [3.8, 4) is 5.82 Å². The molecule has 0 aliphatic carbocycles. The Labute approximate surface area is 134 Å². The first kappa shape index (κ1) is 13.9. The smallest absolute Gasteiger partial charge is 0.175 e. The molecule has 3 aromatic heterocycles. The number of pyridine rings is 1. The van der Waals surface area contributed by atoms with Gasteiger partial charge in [0.05, 0.1) is 11.7 Å². The van der Waals surface area contributed by atoms with Crippen LogP contribution in [0.25, 0.3) is 5.82 Å². The Morgan fingerprint density at radius 1 is 1.09 bits per heavy atom. The summed E-state index contributed by atoms with van der Waals surface area (Å²) in [6.07, 6.45) is 7.92. The fourth-order valence-electron chi connectivity index (χ4n) is 3.10. The highest BCUT2D eigenvalue weighted by Crippen LogP contribution is 2.34. The molecular weight excluding hydrogens is 288 g/mol. The second kappa shape index (κ2) is 5.79. The second-order valence-electron chi connectivity index (χ2n) is 5.79. The zero-order chi connectivity index (χ0) is 15.6. The summed E-state index contributed by atoms with van der Waals surface area (Å²) >= 11 is 0. The van der Waals surface area contributed by atoms with Crippen molar-refractivity contribution in [2.75, 3.05) is 11.4 Å². The number of anilines is 1. The third-order valence-electron chi connectivity index (χ3n) is 4.21. The quantitative estimate of drug-likeness (QED) is 0.744. The van der Waals surface area contributed by atoms with Crippen LogP contribution in [0, 0.1) is 6.92 Å². The lowest BCUT2D eigenvalue weighted by Gasteiger charge is -2.25. The van der Waals surface area contributed by atoms with Gasteiger partial charge in [0.1, 0.15) is 0 Å². The van der Waals surface area contributed by atoms with Crippen molar-refractivity contribution in [1.82, 2.24) is 25.0 Å². The number of hydrogen-bond acceptors (Lipinski definition) is 5. The van der Waals surface area contributed by atoms with E-state index in [2.05, 4.69) is 31.2 Å². The van der Waals surface area contributed by atoms with Crippen LogP contribution in [0.5, 0.6) is 0 Å². The van der Waals surface area contributed by atoms with Crippen LogP contribution < -0.4 is 4.90 Å². The minimum Gasteiger partial charge on any atom is -0.348 e. The van der Waals surface area contributed by atoms with E-state index in [9.17, 15) is 0 Å². The summed E-state index contributed by atoms with van der Waals surface area (Å²) in [5, 5.41) is 13.1. The van der Waals surface area contributed by atoms with Crippen molar-refractivity contribution in [3.05, 3.63) is 60.2 Å². The van der Waals surface area contributed by atoms with Gasteiger partial charge in [-0.25, -0.2) is 4.68 Å². The van der Waals surface area contributed by atoms with Gasteiger partial charge in [-0.15, -0.1) is 10.2 Å². The van der Waals surface area contributed by atoms with Crippen molar-refractivity contribution in [2.24, 2.45) is 0 Å². The van der Waals surface area contributed by atoms with E-state index in [1.807, 2.05) is 49.8 Å². The first-order valence-corrected chi connectivity index (χ1v) is 7.84. The molecule has 0 N–H and O–H groups in total. The molecule has 0 amide bonds. The lowest BCUT2D eigenvalue weighted by Crippen LogP contribution is -2.24. The largest absolute Gasteiger partial charge is 0.348 e. The molecular formula is C17H18N6. The van der Waals surface area contributed by atoms with E-state index in [-0.39, 0.29) is 0 Å². The monoisotopic (exact) mass is 306 g/mol. The average Bonchev–Trinajstić information content (AvgIpc) is 3.25. The van der Waals surface area contributed by atoms with E-state index in [0.29, 0.717) is 6.04 Å². The van der Waals surface area contributed by atoms with Crippen molar-refractivity contribution in [1.29, 1.82) is 0 Å². The van der Waals surface area contributed by atoms with Gasteiger partial charge >= 0.3 is 0 Å². The molecule has 4 rings (SSSR count). The summed E-state index contributed by atoms with van der Waals surface area (Å²) in [5.41, 5.74) is 2.20. The van der Waals surface area contributed by atoms with E-state index in [1.165, 1.54) is 5.56 Å². The first-order valence-electron chi connectivity index (χ1n) is 7.84. The van der Waals surface area contributed by atoms with Crippen molar-refractivity contribution in [2.45, 2.75) is 25.8 Å². The summed E-state index contributed by atoms with van der Waals surface area (Å²) in [4.78, 5) is 6.55. The topological polar surface area (TPSA) is 59.7 Å². The van der Waals surface area contributed by atoms with Gasteiger partial charge in [0.15, 0.2) is 11.6 Å². The zero-order valence-corrected chi connectivity index (χ0v) is 13.0. The van der Waals surface area contributed by atoms with Crippen LogP contribution in [0.4, 0.5) is 5.82 Å². The lowest BCUT2D eigenvalue weighted by molar-refractivity contribution is 0.698. The maximum Gasteiger partial charge on any atom is 0.175 e. The maximum absolute atomic E-state index is 4.42. The zero-order valence-electron chi connectivity index (χ0n) is 13.0. The summed E-state index contributed by atoms with van der Waals surface area (Å²) in [6.45, 7) is 2.95. The Morgan fingerprint density at radius 2 is 1.96 bits per heavy atom. The minimum atomic E-state index is 0.329. The Kier molecular flexibility index (Phi) is 3.49. The molecule has 1 unspecified atom stereocenters. The summed E-state index contributed by atoms with van der Waals surface area (Å²) < 4.78 is 1.74. The number of rotatable bonds is 3. The van der Waals surface area contributed by atoms with Crippen molar-refractivity contribution < 1.29 is 0 Å². The number of hydrogen-bond donors (Lipinski definition) is 0. The Bertz CT molecular complexity index is 780. The van der Waals surface area contributed by atoms with Gasteiger partial charge in [0, 0.05) is 25.1 Å². The normalized spacial score (nSPS) is 17.6. The molecule has 1 aliphatic heterocycles. The molecule has 4 heterocycles. The van der Waals surface area contributed by atoms with E-state index in [0.717, 1.165) is 36.7 Å². The van der Waals surface area contributed by atoms with E-state index in [4.69, 9.17) is 0 Å². The Hall–Kier alpha value is -2.76. The van der Waals surface area contributed by atoms with Crippen LogP contribution in [-0.4, -0.2) is 31.5 Å².